The number of ether oxygens (including phenoxy) is 5. The summed E-state index contributed by atoms with van der Waals surface area (Å²) in [4.78, 5) is 17.2. The first kappa shape index (κ1) is 27.8. The first-order chi connectivity index (χ1) is 17.2. The Morgan fingerprint density at radius 2 is 1.94 bits per heavy atom. The number of hydrogen-bond donors (Lipinski definition) is 1. The Kier molecular flexibility index (Phi) is 9.59. The molecule has 3 rings (SSSR count). The molecule has 0 saturated carbocycles. The van der Waals surface area contributed by atoms with Gasteiger partial charge in [0.2, 0.25) is 5.90 Å². The van der Waals surface area contributed by atoms with Crippen molar-refractivity contribution in [2.45, 2.75) is 29.4 Å². The summed E-state index contributed by atoms with van der Waals surface area (Å²) in [5.41, 5.74) is 2.07. The van der Waals surface area contributed by atoms with E-state index in [1.165, 1.54) is 14.2 Å². The van der Waals surface area contributed by atoms with E-state index in [1.807, 2.05) is 37.3 Å². The lowest BCUT2D eigenvalue weighted by molar-refractivity contribution is 0.123. The first-order valence-corrected chi connectivity index (χ1v) is 12.1. The van der Waals surface area contributed by atoms with E-state index < -0.39 is 22.0 Å². The number of methoxy groups -OCH3 is 2. The molecule has 194 valence electrons. The van der Waals surface area contributed by atoms with Crippen molar-refractivity contribution in [3.05, 3.63) is 65.7 Å². The molecule has 0 aliphatic carbocycles. The molecule has 0 aromatic heterocycles. The minimum absolute atomic E-state index is 0.0356. The molecule has 1 amide bonds. The van der Waals surface area contributed by atoms with Gasteiger partial charge >= 0.3 is 6.09 Å². The smallest absolute Gasteiger partial charge is 0.407 e. The van der Waals surface area contributed by atoms with Crippen LogP contribution in [0.15, 0.2) is 54.0 Å². The second-order valence-corrected chi connectivity index (χ2v) is 10.0. The van der Waals surface area contributed by atoms with Gasteiger partial charge in [-0.15, -0.1) is 0 Å². The van der Waals surface area contributed by atoms with E-state index >= 15 is 0 Å². The zero-order valence-corrected chi connectivity index (χ0v) is 22.3. The van der Waals surface area contributed by atoms with Crippen molar-refractivity contribution in [2.75, 3.05) is 27.4 Å². The number of rotatable bonds is 9. The van der Waals surface area contributed by atoms with Crippen LogP contribution in [0.3, 0.4) is 0 Å². The SMILES string of the molecule is C=CCOc1c([C@@H]2N=C(C(Cl)(Cl)Cl)OC[C@H]2NC(=O)OCc2ccccc2)cc(OC)c(OC)c1C. The minimum Gasteiger partial charge on any atom is -0.493 e. The van der Waals surface area contributed by atoms with Gasteiger partial charge in [0.05, 0.1) is 20.3 Å². The molecule has 36 heavy (non-hydrogen) atoms. The van der Waals surface area contributed by atoms with Gasteiger partial charge in [-0.25, -0.2) is 9.79 Å². The molecule has 2 aromatic carbocycles. The molecule has 0 radical (unpaired) electrons. The molecule has 0 saturated heterocycles. The van der Waals surface area contributed by atoms with Gasteiger partial charge in [0.25, 0.3) is 3.79 Å². The summed E-state index contributed by atoms with van der Waals surface area (Å²) in [6.07, 6.45) is 0.951. The average molecular weight is 558 g/mol. The maximum Gasteiger partial charge on any atom is 0.407 e. The first-order valence-electron chi connectivity index (χ1n) is 10.9. The summed E-state index contributed by atoms with van der Waals surface area (Å²) < 4.78 is 26.1. The third-order valence-electron chi connectivity index (χ3n) is 5.34. The van der Waals surface area contributed by atoms with Gasteiger partial charge < -0.3 is 29.0 Å². The Labute approximate surface area is 225 Å². The lowest BCUT2D eigenvalue weighted by atomic mass is 9.95. The van der Waals surface area contributed by atoms with Crippen LogP contribution in [-0.4, -0.2) is 49.3 Å². The molecule has 1 heterocycles. The van der Waals surface area contributed by atoms with Crippen LogP contribution in [0, 0.1) is 6.92 Å². The highest BCUT2D eigenvalue weighted by molar-refractivity contribution is 6.76. The normalized spacial score (nSPS) is 17.3. The molecule has 11 heteroatoms. The predicted octanol–water partition coefficient (Wildman–Crippen LogP) is 5.71. The fraction of sp³-hybridized carbons (Fsp3) is 0.360. The van der Waals surface area contributed by atoms with Crippen LogP contribution in [0.25, 0.3) is 0 Å². The van der Waals surface area contributed by atoms with E-state index in [2.05, 4.69) is 16.9 Å². The fourth-order valence-electron chi connectivity index (χ4n) is 3.73. The monoisotopic (exact) mass is 556 g/mol. The second kappa shape index (κ2) is 12.4. The number of nitrogens with zero attached hydrogens (tertiary/aromatic N) is 1. The van der Waals surface area contributed by atoms with Crippen LogP contribution in [-0.2, 0) is 16.1 Å². The Morgan fingerprint density at radius 1 is 1.22 bits per heavy atom. The second-order valence-electron chi connectivity index (χ2n) is 7.76. The van der Waals surface area contributed by atoms with Gasteiger partial charge in [0.15, 0.2) is 11.5 Å². The molecule has 0 fully saturated rings. The highest BCUT2D eigenvalue weighted by Gasteiger charge is 2.40. The van der Waals surface area contributed by atoms with Crippen LogP contribution in [0.2, 0.25) is 0 Å². The number of aliphatic imine (C=N–C) groups is 1. The number of carbonyl (C=O) groups excluding carboxylic acids is 1. The fourth-order valence-corrected chi connectivity index (χ4v) is 4.04. The topological polar surface area (TPSA) is 87.6 Å². The lowest BCUT2D eigenvalue weighted by Gasteiger charge is -2.33. The van der Waals surface area contributed by atoms with Crippen molar-refractivity contribution >= 4 is 46.8 Å². The molecule has 0 unspecified atom stereocenters. The van der Waals surface area contributed by atoms with Crippen LogP contribution in [0.1, 0.15) is 22.7 Å². The summed E-state index contributed by atoms with van der Waals surface area (Å²) >= 11 is 18.2. The van der Waals surface area contributed by atoms with Crippen LogP contribution in [0.4, 0.5) is 4.79 Å². The average Bonchev–Trinajstić information content (AvgIpc) is 2.86. The largest absolute Gasteiger partial charge is 0.493 e. The standard InChI is InChI=1S/C25H27Cl3N2O6/c1-5-11-34-21-15(2)22(33-4)19(32-3)12-17(21)20-18(14-35-23(30-20)25(26,27)28)29-24(31)36-13-16-9-7-6-8-10-16/h5-10,12,18,20H,1,11,13-14H2,2-4H3,(H,29,31)/t18-,20+/m1/s1. The van der Waals surface area contributed by atoms with Gasteiger partial charge in [-0.2, -0.15) is 0 Å². The molecule has 8 nitrogen and oxygen atoms in total. The number of carbonyl (C=O) groups is 1. The number of amides is 1. The van der Waals surface area contributed by atoms with E-state index in [1.54, 1.807) is 12.1 Å². The minimum atomic E-state index is -1.91. The molecule has 0 spiro atoms. The molecular weight excluding hydrogens is 531 g/mol. The summed E-state index contributed by atoms with van der Waals surface area (Å²) in [5.74, 6) is 1.29. The maximum absolute atomic E-state index is 12.7. The molecule has 1 aliphatic rings. The third kappa shape index (κ3) is 6.69. The van der Waals surface area contributed by atoms with E-state index in [-0.39, 0.29) is 25.7 Å². The molecule has 0 bridgehead atoms. The molecular formula is C25H27Cl3N2O6. The van der Waals surface area contributed by atoms with Gasteiger partial charge in [-0.05, 0) is 18.6 Å². The third-order valence-corrected chi connectivity index (χ3v) is 5.82. The Hall–Kier alpha value is -2.81. The quantitative estimate of drug-likeness (QED) is 0.314. The van der Waals surface area contributed by atoms with E-state index in [4.69, 9.17) is 58.5 Å². The van der Waals surface area contributed by atoms with Crippen LogP contribution < -0.4 is 19.5 Å². The molecule has 2 aromatic rings. The van der Waals surface area contributed by atoms with Gasteiger partial charge in [-0.1, -0.05) is 77.8 Å². The van der Waals surface area contributed by atoms with Gasteiger partial charge in [0.1, 0.15) is 31.6 Å². The maximum atomic E-state index is 12.7. The molecule has 1 aliphatic heterocycles. The van der Waals surface area contributed by atoms with Crippen molar-refractivity contribution < 1.29 is 28.5 Å². The highest BCUT2D eigenvalue weighted by atomic mass is 35.6. The van der Waals surface area contributed by atoms with Gasteiger partial charge in [0, 0.05) is 11.1 Å². The number of halogens is 3. The molecule has 1 N–H and O–H groups in total. The van der Waals surface area contributed by atoms with Crippen molar-refractivity contribution in [3.63, 3.8) is 0 Å². The summed E-state index contributed by atoms with van der Waals surface area (Å²) in [6.45, 7) is 5.80. The van der Waals surface area contributed by atoms with Crippen molar-refractivity contribution in [3.8, 4) is 17.2 Å². The zero-order chi connectivity index (χ0) is 26.3. The summed E-state index contributed by atoms with van der Waals surface area (Å²) in [7, 11) is 3.05. The highest BCUT2D eigenvalue weighted by Crippen LogP contribution is 2.45. The van der Waals surface area contributed by atoms with Crippen LogP contribution in [0.5, 0.6) is 17.2 Å². The number of alkyl halides is 3. The lowest BCUT2D eigenvalue weighted by Crippen LogP contribution is -2.47. The zero-order valence-electron chi connectivity index (χ0n) is 20.1. The Bertz CT molecular complexity index is 1110. The predicted molar refractivity (Wildman–Crippen MR) is 140 cm³/mol. The van der Waals surface area contributed by atoms with E-state index in [0.717, 1.165) is 5.56 Å². The van der Waals surface area contributed by atoms with E-state index in [9.17, 15) is 4.79 Å². The number of nitrogens with one attached hydrogen (secondary N) is 1. The number of hydrogen-bond acceptors (Lipinski definition) is 7. The van der Waals surface area contributed by atoms with Gasteiger partial charge in [-0.3, -0.25) is 0 Å². The number of benzene rings is 2. The Balaban J connectivity index is 2.00. The molecule has 2 atom stereocenters. The van der Waals surface area contributed by atoms with E-state index in [0.29, 0.717) is 28.4 Å². The summed E-state index contributed by atoms with van der Waals surface area (Å²) in [5, 5.41) is 2.81. The van der Waals surface area contributed by atoms with Crippen molar-refractivity contribution in [1.82, 2.24) is 5.32 Å². The number of alkyl carbamates (subject to hydrolysis) is 1. The van der Waals surface area contributed by atoms with Crippen LogP contribution >= 0.6 is 34.8 Å². The summed E-state index contributed by atoms with van der Waals surface area (Å²) in [6, 6.07) is 9.56. The van der Waals surface area contributed by atoms with Crippen molar-refractivity contribution in [1.29, 1.82) is 0 Å². The Morgan fingerprint density at radius 3 is 2.56 bits per heavy atom. The van der Waals surface area contributed by atoms with Crippen molar-refractivity contribution in [2.24, 2.45) is 4.99 Å².